The first-order valence-corrected chi connectivity index (χ1v) is 16.8. The minimum Gasteiger partial charge on any atom is -0.456 e. The second-order valence-electron chi connectivity index (χ2n) is 12.8. The van der Waals surface area contributed by atoms with Crippen molar-refractivity contribution in [1.82, 2.24) is 0 Å². The first-order valence-electron chi connectivity index (χ1n) is 16.8. The fraction of sp³-hybridized carbons (Fsp3) is 0. The molecule has 228 valence electrons. The summed E-state index contributed by atoms with van der Waals surface area (Å²) in [6.07, 6.45) is 0. The van der Waals surface area contributed by atoms with Crippen molar-refractivity contribution in [2.45, 2.75) is 0 Å². The Morgan fingerprint density at radius 1 is 0.265 bits per heavy atom. The lowest BCUT2D eigenvalue weighted by molar-refractivity contribution is 0.669. The van der Waals surface area contributed by atoms with Crippen molar-refractivity contribution in [3.8, 4) is 44.5 Å². The third-order valence-electron chi connectivity index (χ3n) is 10.1. The molecule has 0 fully saturated rings. The van der Waals surface area contributed by atoms with Gasteiger partial charge in [-0.25, -0.2) is 0 Å². The second-order valence-corrected chi connectivity index (χ2v) is 12.8. The van der Waals surface area contributed by atoms with E-state index in [2.05, 4.69) is 170 Å². The van der Waals surface area contributed by atoms with Gasteiger partial charge in [-0.2, -0.15) is 0 Å². The maximum absolute atomic E-state index is 6.26. The Hall–Kier alpha value is -6.44. The Kier molecular flexibility index (Phi) is 6.25. The SMILES string of the molecule is c1ccc(-c2cccc3c(-c4ccc5oc6ccccc6c5c4)c4cccc(-c5ccccc5-c5cccc6ccccc56)c4cc23)cc1. The molecule has 10 rings (SSSR count). The van der Waals surface area contributed by atoms with Crippen molar-refractivity contribution in [1.29, 1.82) is 0 Å². The second kappa shape index (κ2) is 11.1. The van der Waals surface area contributed by atoms with E-state index < -0.39 is 0 Å². The molecule has 0 radical (unpaired) electrons. The summed E-state index contributed by atoms with van der Waals surface area (Å²) in [6.45, 7) is 0. The molecule has 1 heterocycles. The smallest absolute Gasteiger partial charge is 0.135 e. The first-order chi connectivity index (χ1) is 24.3. The number of rotatable bonds is 4. The van der Waals surface area contributed by atoms with Gasteiger partial charge in [0.25, 0.3) is 0 Å². The van der Waals surface area contributed by atoms with Gasteiger partial charge >= 0.3 is 0 Å². The Bertz CT molecular complexity index is 2870. The van der Waals surface area contributed by atoms with Gasteiger partial charge < -0.3 is 4.42 Å². The van der Waals surface area contributed by atoms with E-state index in [1.807, 2.05) is 12.1 Å². The monoisotopic (exact) mass is 622 g/mol. The molecule has 0 bridgehead atoms. The average Bonchev–Trinajstić information content (AvgIpc) is 3.55. The molecule has 0 aliphatic heterocycles. The first kappa shape index (κ1) is 27.7. The number of furan rings is 1. The lowest BCUT2D eigenvalue weighted by Crippen LogP contribution is -1.92. The summed E-state index contributed by atoms with van der Waals surface area (Å²) < 4.78 is 6.26. The largest absolute Gasteiger partial charge is 0.456 e. The standard InChI is InChI=1S/C48H30O/c1-2-13-31(14-3-1)35-21-11-24-41-43(35)30-44-39(38-19-7-6-18-37(38)36-22-10-16-32-15-4-5-17-34(32)36)23-12-25-42(44)48(41)33-27-28-47-45(29-33)40-20-8-9-26-46(40)49-47/h1-30H. The maximum Gasteiger partial charge on any atom is 0.135 e. The summed E-state index contributed by atoms with van der Waals surface area (Å²) in [5.74, 6) is 0. The molecule has 0 aliphatic carbocycles. The van der Waals surface area contributed by atoms with Crippen LogP contribution < -0.4 is 0 Å². The average molecular weight is 623 g/mol. The van der Waals surface area contributed by atoms with E-state index in [1.165, 1.54) is 76.8 Å². The lowest BCUT2D eigenvalue weighted by atomic mass is 9.84. The van der Waals surface area contributed by atoms with Gasteiger partial charge in [0, 0.05) is 10.8 Å². The Labute approximate surface area is 284 Å². The highest BCUT2D eigenvalue weighted by Gasteiger charge is 2.19. The minimum atomic E-state index is 0.907. The highest BCUT2D eigenvalue weighted by Crippen LogP contribution is 2.46. The fourth-order valence-electron chi connectivity index (χ4n) is 7.88. The van der Waals surface area contributed by atoms with Crippen LogP contribution in [0.15, 0.2) is 186 Å². The van der Waals surface area contributed by atoms with Crippen LogP contribution in [-0.4, -0.2) is 0 Å². The van der Waals surface area contributed by atoms with Crippen molar-refractivity contribution in [3.63, 3.8) is 0 Å². The van der Waals surface area contributed by atoms with Gasteiger partial charge in [-0.1, -0.05) is 158 Å². The molecule has 0 unspecified atom stereocenters. The molecule has 0 N–H and O–H groups in total. The lowest BCUT2D eigenvalue weighted by Gasteiger charge is -2.19. The number of fused-ring (bicyclic) bond motifs is 6. The van der Waals surface area contributed by atoms with Crippen LogP contribution in [0.5, 0.6) is 0 Å². The van der Waals surface area contributed by atoms with Crippen LogP contribution in [0.3, 0.4) is 0 Å². The number of benzene rings is 9. The Morgan fingerprint density at radius 2 is 0.796 bits per heavy atom. The summed E-state index contributed by atoms with van der Waals surface area (Å²) >= 11 is 0. The zero-order valence-corrected chi connectivity index (χ0v) is 26.7. The van der Waals surface area contributed by atoms with E-state index in [-0.39, 0.29) is 0 Å². The van der Waals surface area contributed by atoms with Crippen LogP contribution in [0.1, 0.15) is 0 Å². The summed E-state index contributed by atoms with van der Waals surface area (Å²) in [6, 6.07) is 65.9. The molecular weight excluding hydrogens is 593 g/mol. The molecule has 9 aromatic carbocycles. The van der Waals surface area contributed by atoms with Gasteiger partial charge in [0.05, 0.1) is 0 Å². The van der Waals surface area contributed by atoms with E-state index in [1.54, 1.807) is 0 Å². The predicted molar refractivity (Wildman–Crippen MR) is 208 cm³/mol. The van der Waals surface area contributed by atoms with Crippen molar-refractivity contribution < 1.29 is 4.42 Å². The Balaban J connectivity index is 1.32. The fourth-order valence-corrected chi connectivity index (χ4v) is 7.88. The minimum absolute atomic E-state index is 0.907. The van der Waals surface area contributed by atoms with E-state index in [9.17, 15) is 0 Å². The maximum atomic E-state index is 6.26. The van der Waals surface area contributed by atoms with Gasteiger partial charge in [-0.15, -0.1) is 0 Å². The summed E-state index contributed by atoms with van der Waals surface area (Å²) in [5.41, 5.74) is 11.6. The van der Waals surface area contributed by atoms with Crippen LogP contribution in [0.4, 0.5) is 0 Å². The van der Waals surface area contributed by atoms with Crippen molar-refractivity contribution in [2.75, 3.05) is 0 Å². The van der Waals surface area contributed by atoms with Gasteiger partial charge in [0.1, 0.15) is 11.2 Å². The molecule has 0 saturated carbocycles. The normalized spacial score (nSPS) is 11.7. The quantitative estimate of drug-likeness (QED) is 0.178. The summed E-state index contributed by atoms with van der Waals surface area (Å²) in [7, 11) is 0. The molecule has 0 amide bonds. The Morgan fingerprint density at radius 3 is 1.59 bits per heavy atom. The number of hydrogen-bond donors (Lipinski definition) is 0. The molecular formula is C48H30O. The molecule has 0 spiro atoms. The molecule has 0 aliphatic rings. The van der Waals surface area contributed by atoms with Gasteiger partial charge in [-0.05, 0) is 101 Å². The molecule has 0 atom stereocenters. The number of para-hydroxylation sites is 1. The topological polar surface area (TPSA) is 13.1 Å². The van der Waals surface area contributed by atoms with Crippen LogP contribution in [0.2, 0.25) is 0 Å². The number of hydrogen-bond acceptors (Lipinski definition) is 1. The third-order valence-corrected chi connectivity index (χ3v) is 10.1. The highest BCUT2D eigenvalue weighted by atomic mass is 16.3. The molecule has 49 heavy (non-hydrogen) atoms. The van der Waals surface area contributed by atoms with Gasteiger partial charge in [0.15, 0.2) is 0 Å². The predicted octanol–water partition coefficient (Wildman–Crippen LogP) is 13.7. The van der Waals surface area contributed by atoms with Crippen LogP contribution in [0.25, 0.3) is 98.8 Å². The van der Waals surface area contributed by atoms with Crippen LogP contribution in [0, 0.1) is 0 Å². The molecule has 10 aromatic rings. The zero-order chi connectivity index (χ0) is 32.3. The van der Waals surface area contributed by atoms with Crippen molar-refractivity contribution in [3.05, 3.63) is 182 Å². The van der Waals surface area contributed by atoms with Crippen LogP contribution >= 0.6 is 0 Å². The van der Waals surface area contributed by atoms with Crippen molar-refractivity contribution >= 4 is 54.3 Å². The van der Waals surface area contributed by atoms with E-state index in [0.717, 1.165) is 21.9 Å². The van der Waals surface area contributed by atoms with E-state index in [4.69, 9.17) is 4.42 Å². The molecule has 1 heteroatoms. The molecule has 0 saturated heterocycles. The van der Waals surface area contributed by atoms with Crippen LogP contribution in [-0.2, 0) is 0 Å². The summed E-state index contributed by atoms with van der Waals surface area (Å²) in [5, 5.41) is 9.72. The zero-order valence-electron chi connectivity index (χ0n) is 26.7. The third kappa shape index (κ3) is 4.40. The summed E-state index contributed by atoms with van der Waals surface area (Å²) in [4.78, 5) is 0. The van der Waals surface area contributed by atoms with Crippen molar-refractivity contribution in [2.24, 2.45) is 0 Å². The highest BCUT2D eigenvalue weighted by molar-refractivity contribution is 6.20. The van der Waals surface area contributed by atoms with Gasteiger partial charge in [-0.3, -0.25) is 0 Å². The molecule has 1 aromatic heterocycles. The molecule has 1 nitrogen and oxygen atoms in total. The van der Waals surface area contributed by atoms with E-state index in [0.29, 0.717) is 0 Å². The van der Waals surface area contributed by atoms with Gasteiger partial charge in [0.2, 0.25) is 0 Å². The van der Waals surface area contributed by atoms with E-state index >= 15 is 0 Å².